The highest BCUT2D eigenvalue weighted by Crippen LogP contribution is 2.22. The van der Waals surface area contributed by atoms with E-state index in [4.69, 9.17) is 10.2 Å². The van der Waals surface area contributed by atoms with Crippen LogP contribution in [0.1, 0.15) is 29.8 Å². The monoisotopic (exact) mass is 217 g/mol. The van der Waals surface area contributed by atoms with Crippen LogP contribution in [0.2, 0.25) is 0 Å². The Morgan fingerprint density at radius 1 is 1.38 bits per heavy atom. The molecule has 2 rings (SSSR count). The van der Waals surface area contributed by atoms with Crippen LogP contribution in [0.3, 0.4) is 0 Å². The quantitative estimate of drug-likeness (QED) is 0.838. The number of hydrogen-bond donors (Lipinski definition) is 1. The van der Waals surface area contributed by atoms with E-state index >= 15 is 0 Å². The summed E-state index contributed by atoms with van der Waals surface area (Å²) in [7, 11) is 0. The first-order chi connectivity index (χ1) is 7.59. The molecule has 2 aromatic heterocycles. The van der Waals surface area contributed by atoms with Crippen LogP contribution in [-0.2, 0) is 0 Å². The van der Waals surface area contributed by atoms with Crippen molar-refractivity contribution < 1.29 is 4.42 Å². The number of aromatic nitrogens is 2. The normalized spacial score (nSPS) is 12.8. The summed E-state index contributed by atoms with van der Waals surface area (Å²) in [6.45, 7) is 5.82. The van der Waals surface area contributed by atoms with Gasteiger partial charge in [0, 0.05) is 23.5 Å². The van der Waals surface area contributed by atoms with Crippen LogP contribution in [0.4, 0.5) is 0 Å². The van der Waals surface area contributed by atoms with Crippen molar-refractivity contribution in [2.45, 2.75) is 26.8 Å². The fourth-order valence-corrected chi connectivity index (χ4v) is 1.63. The minimum absolute atomic E-state index is 0.0493. The highest BCUT2D eigenvalue weighted by atomic mass is 16.3. The number of aryl methyl sites for hydroxylation is 2. The zero-order chi connectivity index (χ0) is 11.7. The van der Waals surface area contributed by atoms with E-state index in [1.165, 1.54) is 0 Å². The van der Waals surface area contributed by atoms with Gasteiger partial charge in [-0.3, -0.25) is 0 Å². The molecule has 1 atom stereocenters. The summed E-state index contributed by atoms with van der Waals surface area (Å²) in [6, 6.07) is 1.85. The van der Waals surface area contributed by atoms with Crippen molar-refractivity contribution >= 4 is 0 Å². The smallest absolute Gasteiger partial charge is 0.196 e. The highest BCUT2D eigenvalue weighted by Gasteiger charge is 2.12. The summed E-state index contributed by atoms with van der Waals surface area (Å²) < 4.78 is 5.35. The van der Waals surface area contributed by atoms with E-state index in [9.17, 15) is 0 Å². The zero-order valence-electron chi connectivity index (χ0n) is 9.69. The van der Waals surface area contributed by atoms with Gasteiger partial charge >= 0.3 is 0 Å². The average Bonchev–Trinajstić information content (AvgIpc) is 2.63. The average molecular weight is 217 g/mol. The fraction of sp³-hybridized carbons (Fsp3) is 0.333. The molecule has 4 nitrogen and oxygen atoms in total. The van der Waals surface area contributed by atoms with Crippen LogP contribution in [0.15, 0.2) is 22.9 Å². The summed E-state index contributed by atoms with van der Waals surface area (Å²) in [5.41, 5.74) is 8.71. The molecule has 84 valence electrons. The molecule has 16 heavy (non-hydrogen) atoms. The second-order valence-corrected chi connectivity index (χ2v) is 3.96. The Balaban J connectivity index is 2.46. The van der Waals surface area contributed by atoms with E-state index in [2.05, 4.69) is 9.97 Å². The van der Waals surface area contributed by atoms with Crippen molar-refractivity contribution in [3.8, 4) is 11.6 Å². The second-order valence-electron chi connectivity index (χ2n) is 3.96. The standard InChI is InChI=1S/C12H15N3O/c1-7-4-5-16-11(7)12-14-6-10(8(2)13)9(3)15-12/h4-6,8H,13H2,1-3H3/t8-/m1/s1. The molecular formula is C12H15N3O. The highest BCUT2D eigenvalue weighted by molar-refractivity contribution is 5.52. The van der Waals surface area contributed by atoms with Gasteiger partial charge in [-0.15, -0.1) is 0 Å². The Morgan fingerprint density at radius 3 is 2.62 bits per heavy atom. The Morgan fingerprint density at radius 2 is 2.12 bits per heavy atom. The molecule has 0 aliphatic carbocycles. The summed E-state index contributed by atoms with van der Waals surface area (Å²) in [5, 5.41) is 0. The Bertz CT molecular complexity index is 503. The molecule has 2 N–H and O–H groups in total. The number of furan rings is 1. The van der Waals surface area contributed by atoms with E-state index in [0.717, 1.165) is 22.6 Å². The van der Waals surface area contributed by atoms with E-state index < -0.39 is 0 Å². The largest absolute Gasteiger partial charge is 0.461 e. The number of nitrogens with zero attached hydrogens (tertiary/aromatic N) is 2. The molecule has 0 aliphatic rings. The molecule has 0 bridgehead atoms. The molecule has 2 heterocycles. The lowest BCUT2D eigenvalue weighted by Crippen LogP contribution is -2.09. The minimum Gasteiger partial charge on any atom is -0.461 e. The molecule has 0 saturated heterocycles. The van der Waals surface area contributed by atoms with Crippen molar-refractivity contribution in [3.63, 3.8) is 0 Å². The molecule has 0 spiro atoms. The molecular weight excluding hydrogens is 202 g/mol. The van der Waals surface area contributed by atoms with Crippen LogP contribution < -0.4 is 5.73 Å². The number of nitrogens with two attached hydrogens (primary N) is 1. The predicted molar refractivity (Wildman–Crippen MR) is 61.8 cm³/mol. The Hall–Kier alpha value is -1.68. The van der Waals surface area contributed by atoms with Crippen molar-refractivity contribution in [2.24, 2.45) is 5.73 Å². The maximum Gasteiger partial charge on any atom is 0.196 e. The van der Waals surface area contributed by atoms with E-state index in [1.807, 2.05) is 26.8 Å². The first kappa shape index (κ1) is 10.8. The maximum atomic E-state index is 5.81. The Kier molecular flexibility index (Phi) is 2.75. The maximum absolute atomic E-state index is 5.81. The summed E-state index contributed by atoms with van der Waals surface area (Å²) in [4.78, 5) is 8.69. The van der Waals surface area contributed by atoms with Gasteiger partial charge in [-0.2, -0.15) is 0 Å². The van der Waals surface area contributed by atoms with Crippen LogP contribution in [-0.4, -0.2) is 9.97 Å². The van der Waals surface area contributed by atoms with Gasteiger partial charge in [-0.25, -0.2) is 9.97 Å². The van der Waals surface area contributed by atoms with Crippen LogP contribution >= 0.6 is 0 Å². The van der Waals surface area contributed by atoms with Gasteiger partial charge in [0.1, 0.15) is 0 Å². The molecule has 2 aromatic rings. The SMILES string of the molecule is Cc1ccoc1-c1ncc([C@@H](C)N)c(C)n1. The fourth-order valence-electron chi connectivity index (χ4n) is 1.63. The molecule has 0 amide bonds. The van der Waals surface area contributed by atoms with Crippen LogP contribution in [0, 0.1) is 13.8 Å². The van der Waals surface area contributed by atoms with Gasteiger partial charge in [-0.1, -0.05) is 0 Å². The molecule has 0 aromatic carbocycles. The van der Waals surface area contributed by atoms with E-state index in [1.54, 1.807) is 12.5 Å². The van der Waals surface area contributed by atoms with E-state index in [0.29, 0.717) is 5.82 Å². The minimum atomic E-state index is -0.0493. The lowest BCUT2D eigenvalue weighted by molar-refractivity contribution is 0.575. The molecule has 0 fully saturated rings. The number of hydrogen-bond acceptors (Lipinski definition) is 4. The van der Waals surface area contributed by atoms with E-state index in [-0.39, 0.29) is 6.04 Å². The third-order valence-corrected chi connectivity index (χ3v) is 2.57. The van der Waals surface area contributed by atoms with Gasteiger partial charge in [0.15, 0.2) is 11.6 Å². The third-order valence-electron chi connectivity index (χ3n) is 2.57. The van der Waals surface area contributed by atoms with Gasteiger partial charge in [0.25, 0.3) is 0 Å². The molecule has 0 aliphatic heterocycles. The van der Waals surface area contributed by atoms with Gasteiger partial charge in [0.05, 0.1) is 6.26 Å². The first-order valence-corrected chi connectivity index (χ1v) is 5.23. The second kappa shape index (κ2) is 4.06. The van der Waals surface area contributed by atoms with Crippen LogP contribution in [0.25, 0.3) is 11.6 Å². The number of rotatable bonds is 2. The third kappa shape index (κ3) is 1.84. The summed E-state index contributed by atoms with van der Waals surface area (Å²) in [5.74, 6) is 1.34. The lowest BCUT2D eigenvalue weighted by Gasteiger charge is -2.08. The molecule has 0 saturated carbocycles. The van der Waals surface area contributed by atoms with Crippen molar-refractivity contribution in [1.82, 2.24) is 9.97 Å². The lowest BCUT2D eigenvalue weighted by atomic mass is 10.1. The zero-order valence-corrected chi connectivity index (χ0v) is 9.69. The summed E-state index contributed by atoms with van der Waals surface area (Å²) in [6.07, 6.45) is 3.41. The molecule has 4 heteroatoms. The summed E-state index contributed by atoms with van der Waals surface area (Å²) >= 11 is 0. The van der Waals surface area contributed by atoms with Gasteiger partial charge in [-0.05, 0) is 32.4 Å². The van der Waals surface area contributed by atoms with Crippen LogP contribution in [0.5, 0.6) is 0 Å². The predicted octanol–water partition coefficient (Wildman–Crippen LogP) is 2.37. The molecule has 0 unspecified atom stereocenters. The first-order valence-electron chi connectivity index (χ1n) is 5.23. The molecule has 0 radical (unpaired) electrons. The van der Waals surface area contributed by atoms with Gasteiger partial charge < -0.3 is 10.2 Å². The Labute approximate surface area is 94.5 Å². The van der Waals surface area contributed by atoms with Crippen molar-refractivity contribution in [3.05, 3.63) is 35.3 Å². The van der Waals surface area contributed by atoms with Crippen molar-refractivity contribution in [1.29, 1.82) is 0 Å². The van der Waals surface area contributed by atoms with Gasteiger partial charge in [0.2, 0.25) is 0 Å². The topological polar surface area (TPSA) is 64.9 Å². The van der Waals surface area contributed by atoms with Crippen molar-refractivity contribution in [2.75, 3.05) is 0 Å².